The van der Waals surface area contributed by atoms with E-state index in [2.05, 4.69) is 22.6 Å². The lowest BCUT2D eigenvalue weighted by Crippen LogP contribution is -2.26. The summed E-state index contributed by atoms with van der Waals surface area (Å²) in [7, 11) is 0. The van der Waals surface area contributed by atoms with Gasteiger partial charge in [0.1, 0.15) is 5.82 Å². The highest BCUT2D eigenvalue weighted by Crippen LogP contribution is 2.37. The van der Waals surface area contributed by atoms with Crippen molar-refractivity contribution in [2.24, 2.45) is 0 Å². The highest BCUT2D eigenvalue weighted by atomic mass is 127. The molecule has 0 saturated heterocycles. The minimum absolute atomic E-state index is 0.103. The average Bonchev–Trinajstić information content (AvgIpc) is 3.06. The Balaban J connectivity index is 1.82. The quantitative estimate of drug-likeness (QED) is 0.247. The third kappa shape index (κ3) is 3.43. The van der Waals surface area contributed by atoms with Crippen LogP contribution in [0.2, 0.25) is 5.02 Å². The smallest absolute Gasteiger partial charge is 0.266 e. The molecule has 0 aliphatic carbocycles. The van der Waals surface area contributed by atoms with E-state index in [-0.39, 0.29) is 11.5 Å². The summed E-state index contributed by atoms with van der Waals surface area (Å²) in [5, 5.41) is 1.09. The predicted molar refractivity (Wildman–Crippen MR) is 137 cm³/mol. The van der Waals surface area contributed by atoms with Crippen molar-refractivity contribution in [3.63, 3.8) is 0 Å². The number of carbonyl (C=O) groups is 1. The number of amides is 1. The maximum Gasteiger partial charge on any atom is 0.266 e. The van der Waals surface area contributed by atoms with Gasteiger partial charge in [-0.1, -0.05) is 29.8 Å². The molecule has 0 radical (unpaired) electrons. The Labute approximate surface area is 203 Å². The number of benzene rings is 3. The van der Waals surface area contributed by atoms with Crippen LogP contribution in [-0.2, 0) is 4.79 Å². The molecule has 3 aromatic carbocycles. The van der Waals surface area contributed by atoms with Gasteiger partial charge in [-0.05, 0) is 84.1 Å². The van der Waals surface area contributed by atoms with Crippen LogP contribution in [0.5, 0.6) is 0 Å². The minimum Gasteiger partial charge on any atom is -0.308 e. The van der Waals surface area contributed by atoms with E-state index in [9.17, 15) is 9.59 Å². The van der Waals surface area contributed by atoms with E-state index in [1.807, 2.05) is 49.4 Å². The molecule has 0 atom stereocenters. The van der Waals surface area contributed by atoms with Crippen LogP contribution in [0.4, 0.5) is 5.69 Å². The normalized spacial score (nSPS) is 14.4. The van der Waals surface area contributed by atoms with Gasteiger partial charge in [0, 0.05) is 20.7 Å². The van der Waals surface area contributed by atoms with Crippen molar-refractivity contribution >= 4 is 68.3 Å². The zero-order valence-electron chi connectivity index (χ0n) is 17.0. The van der Waals surface area contributed by atoms with E-state index in [4.69, 9.17) is 16.6 Å². The Bertz CT molecular complexity index is 1480. The number of anilines is 1. The molecule has 0 N–H and O–H groups in total. The van der Waals surface area contributed by atoms with Crippen LogP contribution in [0.25, 0.3) is 28.2 Å². The number of para-hydroxylation sites is 1. The first kappa shape index (κ1) is 20.9. The van der Waals surface area contributed by atoms with Crippen molar-refractivity contribution in [3.05, 3.63) is 97.1 Å². The van der Waals surface area contributed by atoms with Crippen molar-refractivity contribution in [3.8, 4) is 5.69 Å². The molecule has 7 heteroatoms. The second-order valence-electron chi connectivity index (χ2n) is 7.37. The van der Waals surface area contributed by atoms with Gasteiger partial charge in [-0.25, -0.2) is 4.98 Å². The lowest BCUT2D eigenvalue weighted by atomic mass is 10.1. The van der Waals surface area contributed by atoms with Crippen molar-refractivity contribution in [2.75, 3.05) is 11.4 Å². The fraction of sp³-hybridized carbons (Fsp3) is 0.0800. The summed E-state index contributed by atoms with van der Waals surface area (Å²) < 4.78 is 2.48. The minimum atomic E-state index is -0.200. The fourth-order valence-corrected chi connectivity index (χ4v) is 4.62. The van der Waals surface area contributed by atoms with E-state index in [1.54, 1.807) is 35.2 Å². The number of rotatable bonds is 3. The average molecular weight is 554 g/mol. The summed E-state index contributed by atoms with van der Waals surface area (Å²) in [6.45, 7) is 2.50. The lowest BCUT2D eigenvalue weighted by molar-refractivity contribution is -0.112. The molecule has 1 aromatic heterocycles. The topological polar surface area (TPSA) is 55.2 Å². The van der Waals surface area contributed by atoms with Gasteiger partial charge < -0.3 is 4.90 Å². The number of hydrogen-bond donors (Lipinski definition) is 0. The molecule has 1 aliphatic heterocycles. The number of likely N-dealkylation sites (N-methyl/N-ethyl adjacent to an activating group) is 1. The molecule has 158 valence electrons. The van der Waals surface area contributed by atoms with Crippen LogP contribution in [0, 0.1) is 3.57 Å². The zero-order chi connectivity index (χ0) is 22.4. The van der Waals surface area contributed by atoms with E-state index < -0.39 is 0 Å². The molecule has 4 aromatic rings. The van der Waals surface area contributed by atoms with Crippen LogP contribution >= 0.6 is 34.2 Å². The second-order valence-corrected chi connectivity index (χ2v) is 9.06. The molecule has 1 amide bonds. The molecule has 0 saturated carbocycles. The molecule has 0 spiro atoms. The summed E-state index contributed by atoms with van der Waals surface area (Å²) in [6, 6.07) is 20.2. The third-order valence-electron chi connectivity index (χ3n) is 5.49. The Morgan fingerprint density at radius 2 is 1.78 bits per heavy atom. The van der Waals surface area contributed by atoms with Crippen LogP contribution < -0.4 is 10.5 Å². The summed E-state index contributed by atoms with van der Waals surface area (Å²) >= 11 is 8.25. The number of halogens is 2. The molecule has 0 bridgehead atoms. The van der Waals surface area contributed by atoms with E-state index in [1.165, 1.54) is 4.57 Å². The number of aromatic nitrogens is 2. The molecule has 5 nitrogen and oxygen atoms in total. The van der Waals surface area contributed by atoms with Crippen molar-refractivity contribution in [1.29, 1.82) is 0 Å². The van der Waals surface area contributed by atoms with E-state index >= 15 is 0 Å². The van der Waals surface area contributed by atoms with Gasteiger partial charge in [0.25, 0.3) is 11.5 Å². The lowest BCUT2D eigenvalue weighted by Gasteiger charge is -2.14. The van der Waals surface area contributed by atoms with Crippen molar-refractivity contribution in [2.45, 2.75) is 6.92 Å². The highest BCUT2D eigenvalue weighted by Gasteiger charge is 2.31. The van der Waals surface area contributed by atoms with Crippen molar-refractivity contribution in [1.82, 2.24) is 9.55 Å². The van der Waals surface area contributed by atoms with Crippen LogP contribution in [-0.4, -0.2) is 22.0 Å². The van der Waals surface area contributed by atoms with Gasteiger partial charge in [-0.3, -0.25) is 14.2 Å². The second kappa shape index (κ2) is 8.18. The monoisotopic (exact) mass is 553 g/mol. The molecule has 32 heavy (non-hydrogen) atoms. The van der Waals surface area contributed by atoms with E-state index in [0.29, 0.717) is 39.6 Å². The molecule has 5 rings (SSSR count). The molecule has 0 fully saturated rings. The molecule has 2 heterocycles. The maximum atomic E-state index is 13.6. The van der Waals surface area contributed by atoms with Gasteiger partial charge in [-0.15, -0.1) is 0 Å². The van der Waals surface area contributed by atoms with Crippen LogP contribution in [0.15, 0.2) is 71.5 Å². The molecular formula is C25H17ClIN3O2. The van der Waals surface area contributed by atoms with Gasteiger partial charge in [0.15, 0.2) is 0 Å². The summed E-state index contributed by atoms with van der Waals surface area (Å²) in [5.41, 5.74) is 3.22. The van der Waals surface area contributed by atoms with Gasteiger partial charge in [0.2, 0.25) is 0 Å². The molecule has 1 aliphatic rings. The highest BCUT2D eigenvalue weighted by molar-refractivity contribution is 14.1. The van der Waals surface area contributed by atoms with Crippen LogP contribution in [0.3, 0.4) is 0 Å². The molecular weight excluding hydrogens is 537 g/mol. The van der Waals surface area contributed by atoms with Crippen LogP contribution in [0.1, 0.15) is 18.3 Å². The number of nitrogens with zero attached hydrogens (tertiary/aromatic N) is 3. The summed E-state index contributed by atoms with van der Waals surface area (Å²) in [4.78, 5) is 33.3. The Morgan fingerprint density at radius 1 is 1.03 bits per heavy atom. The van der Waals surface area contributed by atoms with Gasteiger partial charge >= 0.3 is 0 Å². The first-order chi connectivity index (χ1) is 15.5. The Morgan fingerprint density at radius 3 is 2.53 bits per heavy atom. The maximum absolute atomic E-state index is 13.6. The van der Waals surface area contributed by atoms with Gasteiger partial charge in [-0.2, -0.15) is 0 Å². The predicted octanol–water partition coefficient (Wildman–Crippen LogP) is 5.55. The van der Waals surface area contributed by atoms with Crippen molar-refractivity contribution < 1.29 is 4.79 Å². The molecule has 0 unspecified atom stereocenters. The fourth-order valence-electron chi connectivity index (χ4n) is 4.00. The number of hydrogen-bond acceptors (Lipinski definition) is 3. The largest absolute Gasteiger partial charge is 0.308 e. The first-order valence-electron chi connectivity index (χ1n) is 10.1. The zero-order valence-corrected chi connectivity index (χ0v) is 20.0. The Hall–Kier alpha value is -2.97. The van der Waals surface area contributed by atoms with E-state index in [0.717, 1.165) is 14.8 Å². The summed E-state index contributed by atoms with van der Waals surface area (Å²) in [6.07, 6.45) is 1.71. The standard InChI is InChI=1S/C25H17ClIN3O2/c1-2-29-22-6-4-3-5-18(22)19(24(29)31)14-23-28-21-12-9-16(27)13-20(21)25(32)30(23)17-10-7-15(26)8-11-17/h3-14H,2H2,1H3. The number of carbonyl (C=O) groups excluding carboxylic acids is 1. The number of fused-ring (bicyclic) bond motifs is 2. The first-order valence-corrected chi connectivity index (χ1v) is 11.5. The SMILES string of the molecule is CCN1C(=O)C(=Cc2nc3ccc(I)cc3c(=O)n2-c2ccc(Cl)cc2)c2ccccc21. The van der Waals surface area contributed by atoms with Gasteiger partial charge in [0.05, 0.1) is 27.9 Å². The third-order valence-corrected chi connectivity index (χ3v) is 6.41. The summed E-state index contributed by atoms with van der Waals surface area (Å²) in [5.74, 6) is 0.287. The Kier molecular flexibility index (Phi) is 5.35.